The molecule has 0 radical (unpaired) electrons. The predicted octanol–water partition coefficient (Wildman–Crippen LogP) is 3.07. The highest BCUT2D eigenvalue weighted by molar-refractivity contribution is 7.83. The number of benzene rings is 1. The summed E-state index contributed by atoms with van der Waals surface area (Å²) in [5, 5.41) is 26.7. The maximum atomic E-state index is 13.1. The summed E-state index contributed by atoms with van der Waals surface area (Å²) in [7, 11) is 0. The van der Waals surface area contributed by atoms with Gasteiger partial charge in [-0.05, 0) is 49.4 Å². The van der Waals surface area contributed by atoms with Crippen LogP contribution >= 0.6 is 0 Å². The maximum Gasteiger partial charge on any atom is 0.269 e. The quantitative estimate of drug-likeness (QED) is 0.462. The van der Waals surface area contributed by atoms with Crippen molar-refractivity contribution in [3.05, 3.63) is 47.4 Å². The van der Waals surface area contributed by atoms with Gasteiger partial charge in [-0.2, -0.15) is 0 Å². The van der Waals surface area contributed by atoms with Crippen molar-refractivity contribution in [2.24, 2.45) is 14.2 Å². The highest BCUT2D eigenvalue weighted by Gasteiger charge is 2.34. The monoisotopic (exact) mass is 501 g/mol. The Morgan fingerprint density at radius 3 is 2.66 bits per heavy atom. The van der Waals surface area contributed by atoms with E-state index in [1.54, 1.807) is 17.0 Å². The van der Waals surface area contributed by atoms with Crippen LogP contribution in [0.2, 0.25) is 0 Å². The molecular weight excluding hydrogens is 470 g/mol. The molecule has 1 aromatic carbocycles. The summed E-state index contributed by atoms with van der Waals surface area (Å²) in [5.41, 5.74) is 0.0548. The number of phenolic OH excluding ortho intramolecular Hbond substituents is 1. The summed E-state index contributed by atoms with van der Waals surface area (Å²) in [6, 6.07) is 7.96. The lowest BCUT2D eigenvalue weighted by atomic mass is 9.85. The second-order valence-electron chi connectivity index (χ2n) is 9.81. The van der Waals surface area contributed by atoms with Crippen molar-refractivity contribution in [2.45, 2.75) is 52.6 Å². The minimum absolute atomic E-state index is 0.111. The number of carbonyl (C=O) groups is 1. The zero-order valence-electron chi connectivity index (χ0n) is 20.2. The van der Waals surface area contributed by atoms with Crippen molar-refractivity contribution in [1.82, 2.24) is 10.2 Å². The van der Waals surface area contributed by atoms with E-state index in [1.807, 2.05) is 39.8 Å². The van der Waals surface area contributed by atoms with E-state index in [0.29, 0.717) is 12.3 Å². The Balaban J connectivity index is 1.57. The molecule has 1 saturated heterocycles. The van der Waals surface area contributed by atoms with Crippen LogP contribution in [0.1, 0.15) is 61.5 Å². The molecule has 4 rings (SSSR count). The van der Waals surface area contributed by atoms with E-state index in [1.165, 1.54) is 6.07 Å². The van der Waals surface area contributed by atoms with Crippen molar-refractivity contribution in [1.29, 1.82) is 0 Å². The first-order valence-corrected chi connectivity index (χ1v) is 12.6. The second-order valence-corrected chi connectivity index (χ2v) is 10.6. The molecule has 35 heavy (non-hydrogen) atoms. The average Bonchev–Trinajstić information content (AvgIpc) is 3.52. The number of phenols is 1. The lowest BCUT2D eigenvalue weighted by Gasteiger charge is -2.30. The van der Waals surface area contributed by atoms with Crippen molar-refractivity contribution in [2.75, 3.05) is 18.5 Å². The molecule has 3 heterocycles. The number of para-hydroxylation sites is 1. The molecule has 0 saturated carbocycles. The number of nitrogens with zero attached hydrogens (tertiary/aromatic N) is 3. The number of aryl methyl sites for hydroxylation is 1. The first kappa shape index (κ1) is 24.9. The van der Waals surface area contributed by atoms with Crippen LogP contribution in [0.4, 0.5) is 5.69 Å². The number of amidine groups is 2. The molecule has 4 N–H and O–H groups in total. The Kier molecular flexibility index (Phi) is 7.00. The van der Waals surface area contributed by atoms with Gasteiger partial charge in [0.1, 0.15) is 11.5 Å². The van der Waals surface area contributed by atoms with Gasteiger partial charge < -0.3 is 30.2 Å². The van der Waals surface area contributed by atoms with E-state index < -0.39 is 11.2 Å². The van der Waals surface area contributed by atoms with E-state index in [-0.39, 0.29) is 58.7 Å². The third kappa shape index (κ3) is 5.25. The minimum atomic E-state index is -1.84. The summed E-state index contributed by atoms with van der Waals surface area (Å²) in [6.45, 7) is 8.38. The van der Waals surface area contributed by atoms with Gasteiger partial charge in [0, 0.05) is 6.54 Å². The minimum Gasteiger partial charge on any atom is -0.505 e. The first-order valence-electron chi connectivity index (χ1n) is 11.5. The molecule has 10 nitrogen and oxygen atoms in total. The van der Waals surface area contributed by atoms with Gasteiger partial charge >= 0.3 is 0 Å². The average molecular weight is 502 g/mol. The normalized spacial score (nSPS) is 21.0. The molecule has 2 aliphatic rings. The van der Waals surface area contributed by atoms with Gasteiger partial charge in [0.25, 0.3) is 17.1 Å². The number of rotatable bonds is 5. The molecule has 2 aromatic rings. The predicted molar refractivity (Wildman–Crippen MR) is 135 cm³/mol. The van der Waals surface area contributed by atoms with E-state index in [2.05, 4.69) is 19.4 Å². The smallest absolute Gasteiger partial charge is 0.269 e. The largest absolute Gasteiger partial charge is 0.505 e. The van der Waals surface area contributed by atoms with Crippen LogP contribution in [0, 0.1) is 12.3 Å². The third-order valence-electron chi connectivity index (χ3n) is 6.12. The summed E-state index contributed by atoms with van der Waals surface area (Å²) < 4.78 is 26.2. The molecule has 2 aliphatic heterocycles. The number of furan rings is 1. The van der Waals surface area contributed by atoms with Crippen LogP contribution in [-0.2, 0) is 11.2 Å². The Hall–Kier alpha value is -3.18. The first-order chi connectivity index (χ1) is 16.6. The van der Waals surface area contributed by atoms with Crippen LogP contribution in [-0.4, -0.2) is 56.1 Å². The number of hydrogen-bond donors (Lipinski definition) is 4. The summed E-state index contributed by atoms with van der Waals surface area (Å²) in [6.07, 6.45) is 1.52. The number of aliphatic hydroxyl groups excluding tert-OH is 1. The van der Waals surface area contributed by atoms with Gasteiger partial charge in [-0.3, -0.25) is 4.79 Å². The molecule has 1 aromatic heterocycles. The second kappa shape index (κ2) is 9.82. The Bertz CT molecular complexity index is 1200. The molecule has 188 valence electrons. The van der Waals surface area contributed by atoms with Crippen molar-refractivity contribution >= 4 is 34.4 Å². The topological polar surface area (TPSA) is 140 Å². The number of anilines is 1. The van der Waals surface area contributed by atoms with Crippen molar-refractivity contribution in [3.63, 3.8) is 0 Å². The van der Waals surface area contributed by atoms with Gasteiger partial charge in [0.05, 0.1) is 29.9 Å². The highest BCUT2D eigenvalue weighted by atomic mass is 32.2. The van der Waals surface area contributed by atoms with Crippen LogP contribution in [0.15, 0.2) is 43.5 Å². The zero-order valence-corrected chi connectivity index (χ0v) is 21.1. The number of aliphatic hydroxyl groups is 1. The molecule has 11 heteroatoms. The van der Waals surface area contributed by atoms with Gasteiger partial charge in [0.15, 0.2) is 17.4 Å². The molecule has 1 unspecified atom stereocenters. The van der Waals surface area contributed by atoms with Crippen molar-refractivity contribution in [3.8, 4) is 5.75 Å². The van der Waals surface area contributed by atoms with E-state index in [0.717, 1.165) is 18.6 Å². The number of likely N-dealkylation sites (tertiary alicyclic amines) is 1. The van der Waals surface area contributed by atoms with Gasteiger partial charge in [-0.25, -0.2) is 4.21 Å². The van der Waals surface area contributed by atoms with Gasteiger partial charge in [0.2, 0.25) is 0 Å². The van der Waals surface area contributed by atoms with Crippen molar-refractivity contribution < 1.29 is 23.6 Å². The zero-order chi connectivity index (χ0) is 25.3. The molecule has 0 spiro atoms. The number of hydrogen-bond acceptors (Lipinski definition) is 7. The molecule has 0 bridgehead atoms. The molecule has 3 atom stereocenters. The fraction of sp³-hybridized carbons (Fsp3) is 0.458. The molecule has 1 amide bonds. The summed E-state index contributed by atoms with van der Waals surface area (Å²) in [5.74, 6) is 1.30. The maximum absolute atomic E-state index is 13.1. The summed E-state index contributed by atoms with van der Waals surface area (Å²) >= 11 is -1.84. The Morgan fingerprint density at radius 1 is 1.26 bits per heavy atom. The fourth-order valence-corrected chi connectivity index (χ4v) is 4.92. The summed E-state index contributed by atoms with van der Waals surface area (Å²) in [4.78, 5) is 14.6. The van der Waals surface area contributed by atoms with Crippen LogP contribution in [0.25, 0.3) is 0 Å². The van der Waals surface area contributed by atoms with Gasteiger partial charge in [-0.15, -0.1) is 8.80 Å². The lowest BCUT2D eigenvalue weighted by molar-refractivity contribution is 0.0674. The number of nitrogens with one attached hydrogen (secondary N) is 2. The standard InChI is InChI=1S/C24H31N5O5S/c1-14-10-11-18(34-14)20(24(2,3)4)26-22-21(27-35(33)28-22)25-17-9-5-8-16(19(17)31)23(32)29-12-6-7-15(29)13-30/h5,8-11,15,20,30-31H,6-7,12-13H2,1-4H3,(H,25,27)(H,26,28)/t15-,20-,35?/m0/s1. The van der Waals surface area contributed by atoms with Crippen LogP contribution in [0.5, 0.6) is 5.75 Å². The van der Waals surface area contributed by atoms with E-state index >= 15 is 0 Å². The number of aromatic hydroxyl groups is 1. The van der Waals surface area contributed by atoms with Crippen LogP contribution in [0.3, 0.4) is 0 Å². The molecule has 1 fully saturated rings. The fourth-order valence-electron chi connectivity index (χ4n) is 4.29. The number of carbonyl (C=O) groups excluding carboxylic acids is 1. The number of amides is 1. The SMILES string of the molecule is Cc1ccc([C@H](NC2=NS(=O)N=C2Nc2cccc(C(=O)N3CCC[C@H]3CO)c2O)C(C)(C)C)o1. The molecular formula is C24H31N5O5S. The third-order valence-corrected chi connectivity index (χ3v) is 6.80. The van der Waals surface area contributed by atoms with Crippen LogP contribution < -0.4 is 10.6 Å². The lowest BCUT2D eigenvalue weighted by Crippen LogP contribution is -2.41. The Morgan fingerprint density at radius 2 is 2.00 bits per heavy atom. The highest BCUT2D eigenvalue weighted by Crippen LogP contribution is 2.35. The van der Waals surface area contributed by atoms with E-state index in [4.69, 9.17) is 4.42 Å². The Labute approximate surface area is 206 Å². The van der Waals surface area contributed by atoms with Gasteiger partial charge in [-0.1, -0.05) is 26.8 Å². The molecule has 0 aliphatic carbocycles. The van der Waals surface area contributed by atoms with E-state index in [9.17, 15) is 19.2 Å².